The van der Waals surface area contributed by atoms with Crippen LogP contribution in [0.25, 0.3) is 0 Å². The Kier molecular flexibility index (Phi) is 4.61. The molecule has 18 heavy (non-hydrogen) atoms. The van der Waals surface area contributed by atoms with Crippen molar-refractivity contribution < 1.29 is 14.5 Å². The van der Waals surface area contributed by atoms with E-state index < -0.39 is 16.9 Å². The number of nitro benzene ring substituents is 1. The quantitative estimate of drug-likeness (QED) is 0.607. The summed E-state index contributed by atoms with van der Waals surface area (Å²) in [5.41, 5.74) is 5.26. The molecule has 98 valence electrons. The molecule has 0 unspecified atom stereocenters. The summed E-state index contributed by atoms with van der Waals surface area (Å²) in [5, 5.41) is 13.3. The van der Waals surface area contributed by atoms with Crippen molar-refractivity contribution in [2.75, 3.05) is 11.9 Å². The van der Waals surface area contributed by atoms with Crippen molar-refractivity contribution in [1.82, 2.24) is 0 Å². The maximum atomic E-state index is 11.4. The molecule has 0 aliphatic rings. The number of hydrogen-bond donors (Lipinski definition) is 2. The van der Waals surface area contributed by atoms with Crippen LogP contribution in [0.1, 0.15) is 13.8 Å². The van der Waals surface area contributed by atoms with Crippen LogP contribution >= 0.6 is 0 Å². The zero-order valence-corrected chi connectivity index (χ0v) is 10.2. The number of rotatable bonds is 5. The van der Waals surface area contributed by atoms with Crippen LogP contribution in [0.2, 0.25) is 0 Å². The Morgan fingerprint density at radius 2 is 2.28 bits per heavy atom. The van der Waals surface area contributed by atoms with Gasteiger partial charge in [0.2, 0.25) is 5.91 Å². The molecule has 1 rings (SSSR count). The van der Waals surface area contributed by atoms with Crippen molar-refractivity contribution in [3.63, 3.8) is 0 Å². The molecule has 0 bridgehead atoms. The minimum atomic E-state index is -0.740. The monoisotopic (exact) mass is 253 g/mol. The van der Waals surface area contributed by atoms with E-state index in [0.29, 0.717) is 12.4 Å². The largest absolute Gasteiger partial charge is 0.494 e. The average molecular weight is 253 g/mol. The number of carbonyl (C=O) groups is 1. The average Bonchev–Trinajstić information content (AvgIpc) is 2.30. The number of nitro groups is 1. The third-order valence-corrected chi connectivity index (χ3v) is 2.15. The number of nitrogens with one attached hydrogen (secondary N) is 1. The molecule has 0 aromatic heterocycles. The molecule has 7 nitrogen and oxygen atoms in total. The molecule has 0 aliphatic heterocycles. The van der Waals surface area contributed by atoms with Crippen molar-refractivity contribution >= 4 is 17.3 Å². The van der Waals surface area contributed by atoms with E-state index in [1.807, 2.05) is 0 Å². The van der Waals surface area contributed by atoms with E-state index in [4.69, 9.17) is 10.5 Å². The number of hydrogen-bond acceptors (Lipinski definition) is 5. The number of anilines is 1. The predicted octanol–water partition coefficient (Wildman–Crippen LogP) is 1.28. The van der Waals surface area contributed by atoms with Crippen molar-refractivity contribution in [1.29, 1.82) is 0 Å². The SMILES string of the molecule is CCOc1ccc(NC(=O)[C@@H](C)N)c([N+](=O)[O-])c1. The van der Waals surface area contributed by atoms with Gasteiger partial charge in [-0.2, -0.15) is 0 Å². The van der Waals surface area contributed by atoms with Gasteiger partial charge in [0.05, 0.1) is 23.6 Å². The molecule has 1 aromatic rings. The lowest BCUT2D eigenvalue weighted by atomic mass is 10.2. The van der Waals surface area contributed by atoms with Crippen LogP contribution in [0.3, 0.4) is 0 Å². The molecule has 0 saturated heterocycles. The minimum absolute atomic E-state index is 0.103. The molecule has 1 amide bonds. The second kappa shape index (κ2) is 5.97. The number of carbonyl (C=O) groups excluding carboxylic acids is 1. The molecule has 0 heterocycles. The highest BCUT2D eigenvalue weighted by Gasteiger charge is 2.18. The first-order valence-electron chi connectivity index (χ1n) is 5.43. The smallest absolute Gasteiger partial charge is 0.296 e. The maximum absolute atomic E-state index is 11.4. The summed E-state index contributed by atoms with van der Waals surface area (Å²) in [4.78, 5) is 21.7. The van der Waals surface area contributed by atoms with E-state index in [0.717, 1.165) is 0 Å². The molecule has 1 atom stereocenters. The Hall–Kier alpha value is -2.15. The molecule has 0 fully saturated rings. The Morgan fingerprint density at radius 1 is 1.61 bits per heavy atom. The van der Waals surface area contributed by atoms with Gasteiger partial charge in [0.25, 0.3) is 5.69 Å². The highest BCUT2D eigenvalue weighted by Crippen LogP contribution is 2.29. The van der Waals surface area contributed by atoms with Crippen LogP contribution in [0.5, 0.6) is 5.75 Å². The molecule has 1 aromatic carbocycles. The van der Waals surface area contributed by atoms with Crippen LogP contribution in [-0.4, -0.2) is 23.5 Å². The Balaban J connectivity index is 3.04. The van der Waals surface area contributed by atoms with Crippen LogP contribution in [-0.2, 0) is 4.79 Å². The van der Waals surface area contributed by atoms with Gasteiger partial charge in [-0.3, -0.25) is 14.9 Å². The zero-order chi connectivity index (χ0) is 13.7. The Morgan fingerprint density at radius 3 is 2.78 bits per heavy atom. The molecule has 0 saturated carbocycles. The molecule has 3 N–H and O–H groups in total. The number of nitrogens with zero attached hydrogens (tertiary/aromatic N) is 1. The number of amides is 1. The van der Waals surface area contributed by atoms with Gasteiger partial charge >= 0.3 is 0 Å². The number of nitrogens with two attached hydrogens (primary N) is 1. The van der Waals surface area contributed by atoms with Gasteiger partial charge < -0.3 is 15.8 Å². The second-order valence-electron chi connectivity index (χ2n) is 3.65. The van der Waals surface area contributed by atoms with Crippen LogP contribution in [0.15, 0.2) is 18.2 Å². The third kappa shape index (κ3) is 3.42. The van der Waals surface area contributed by atoms with Crippen LogP contribution in [0.4, 0.5) is 11.4 Å². The topological polar surface area (TPSA) is 107 Å². The van der Waals surface area contributed by atoms with Gasteiger partial charge in [-0.15, -0.1) is 0 Å². The number of ether oxygens (including phenoxy) is 1. The third-order valence-electron chi connectivity index (χ3n) is 2.15. The summed E-state index contributed by atoms with van der Waals surface area (Å²) in [5.74, 6) is -0.106. The first-order chi connectivity index (χ1) is 8.45. The van der Waals surface area contributed by atoms with E-state index in [1.165, 1.54) is 19.1 Å². The predicted molar refractivity (Wildman–Crippen MR) is 66.5 cm³/mol. The van der Waals surface area contributed by atoms with Gasteiger partial charge in [0.15, 0.2) is 0 Å². The summed E-state index contributed by atoms with van der Waals surface area (Å²) in [7, 11) is 0. The maximum Gasteiger partial charge on any atom is 0.296 e. The van der Waals surface area contributed by atoms with E-state index in [2.05, 4.69) is 5.32 Å². The van der Waals surface area contributed by atoms with Gasteiger partial charge in [0, 0.05) is 0 Å². The van der Waals surface area contributed by atoms with Gasteiger partial charge in [0.1, 0.15) is 11.4 Å². The van der Waals surface area contributed by atoms with Crippen LogP contribution < -0.4 is 15.8 Å². The first-order valence-corrected chi connectivity index (χ1v) is 5.43. The molecule has 0 radical (unpaired) electrons. The molecular formula is C11H15N3O4. The summed E-state index contributed by atoms with van der Waals surface area (Å²) in [6, 6.07) is 3.49. The van der Waals surface area contributed by atoms with Gasteiger partial charge in [-0.25, -0.2) is 0 Å². The first kappa shape index (κ1) is 13.9. The lowest BCUT2D eigenvalue weighted by Crippen LogP contribution is -2.32. The fourth-order valence-corrected chi connectivity index (χ4v) is 1.27. The summed E-state index contributed by atoms with van der Waals surface area (Å²) < 4.78 is 5.16. The van der Waals surface area contributed by atoms with E-state index in [-0.39, 0.29) is 11.4 Å². The minimum Gasteiger partial charge on any atom is -0.494 e. The summed E-state index contributed by atoms with van der Waals surface area (Å²) in [6.45, 7) is 3.68. The van der Waals surface area contributed by atoms with E-state index in [9.17, 15) is 14.9 Å². The normalized spacial score (nSPS) is 11.7. The van der Waals surface area contributed by atoms with Crippen molar-refractivity contribution in [2.45, 2.75) is 19.9 Å². The number of benzene rings is 1. The fraction of sp³-hybridized carbons (Fsp3) is 0.364. The van der Waals surface area contributed by atoms with E-state index in [1.54, 1.807) is 13.0 Å². The zero-order valence-electron chi connectivity index (χ0n) is 10.2. The standard InChI is InChI=1S/C11H15N3O4/c1-3-18-8-4-5-9(10(6-8)14(16)17)13-11(15)7(2)12/h4-7H,3,12H2,1-2H3,(H,13,15)/t7-/m1/s1. The highest BCUT2D eigenvalue weighted by atomic mass is 16.6. The molecule has 0 spiro atoms. The Bertz CT molecular complexity index is 460. The van der Waals surface area contributed by atoms with Crippen LogP contribution in [0, 0.1) is 10.1 Å². The lowest BCUT2D eigenvalue weighted by Gasteiger charge is -2.09. The molecular weight excluding hydrogens is 238 g/mol. The lowest BCUT2D eigenvalue weighted by molar-refractivity contribution is -0.384. The van der Waals surface area contributed by atoms with Crippen molar-refractivity contribution in [2.24, 2.45) is 5.73 Å². The molecule has 0 aliphatic carbocycles. The van der Waals surface area contributed by atoms with E-state index >= 15 is 0 Å². The summed E-state index contributed by atoms with van der Waals surface area (Å²) in [6.07, 6.45) is 0. The molecule has 7 heteroatoms. The Labute approximate surface area is 104 Å². The fourth-order valence-electron chi connectivity index (χ4n) is 1.27. The summed E-state index contributed by atoms with van der Waals surface area (Å²) >= 11 is 0. The van der Waals surface area contributed by atoms with Gasteiger partial charge in [-0.1, -0.05) is 0 Å². The highest BCUT2D eigenvalue weighted by molar-refractivity contribution is 5.96. The van der Waals surface area contributed by atoms with Gasteiger partial charge in [-0.05, 0) is 26.0 Å². The van der Waals surface area contributed by atoms with Crippen molar-refractivity contribution in [3.05, 3.63) is 28.3 Å². The van der Waals surface area contributed by atoms with Crippen molar-refractivity contribution in [3.8, 4) is 5.75 Å². The second-order valence-corrected chi connectivity index (χ2v) is 3.65.